The van der Waals surface area contributed by atoms with Crippen molar-refractivity contribution in [3.63, 3.8) is 0 Å². The molecule has 3 aromatic rings. The summed E-state index contributed by atoms with van der Waals surface area (Å²) in [6.45, 7) is 2.52. The maximum atomic E-state index is 15.1. The van der Waals surface area contributed by atoms with E-state index >= 15 is 4.39 Å². The van der Waals surface area contributed by atoms with Crippen molar-refractivity contribution in [1.29, 1.82) is 0 Å². The lowest BCUT2D eigenvalue weighted by molar-refractivity contribution is -0.140. The third kappa shape index (κ3) is 7.30. The minimum Gasteiger partial charge on any atom is -0.467 e. The molecule has 19 heteroatoms. The molecule has 1 aromatic carbocycles. The number of nitrogens with two attached hydrogens (primary N) is 1. The number of alkyl halides is 3. The lowest BCUT2D eigenvalue weighted by atomic mass is 9.93. The van der Waals surface area contributed by atoms with Crippen LogP contribution < -0.4 is 20.7 Å². The number of amides is 1. The zero-order chi connectivity index (χ0) is 36.8. The number of nitrogens with one attached hydrogen (secondary N) is 1. The van der Waals surface area contributed by atoms with Gasteiger partial charge in [0.25, 0.3) is 12.0 Å². The first-order chi connectivity index (χ1) is 24.2. The smallest absolute Gasteiger partial charge is 0.418 e. The van der Waals surface area contributed by atoms with Gasteiger partial charge in [-0.15, -0.1) is 0 Å². The molecule has 4 aliphatic heterocycles. The summed E-state index contributed by atoms with van der Waals surface area (Å²) in [7, 11) is 2.83. The van der Waals surface area contributed by atoms with E-state index in [1.54, 1.807) is 4.68 Å². The fourth-order valence-electron chi connectivity index (χ4n) is 7.02. The summed E-state index contributed by atoms with van der Waals surface area (Å²) in [6.07, 6.45) is -4.49. The van der Waals surface area contributed by atoms with E-state index < -0.39 is 51.9 Å². The zero-order valence-electron chi connectivity index (χ0n) is 27.5. The van der Waals surface area contributed by atoms with Crippen molar-refractivity contribution < 1.29 is 40.6 Å². The van der Waals surface area contributed by atoms with Crippen LogP contribution in [0.5, 0.6) is 6.01 Å². The van der Waals surface area contributed by atoms with Gasteiger partial charge >= 0.3 is 12.2 Å². The molecule has 2 fully saturated rings. The summed E-state index contributed by atoms with van der Waals surface area (Å²) in [5, 5.41) is 6.32. The van der Waals surface area contributed by atoms with E-state index in [1.165, 1.54) is 20.6 Å². The standard InChI is InChI=1S/C24H23Cl2F4N7O3.C8H11F2N/c1-32-22(38)20-18(26)14-8-36(4-3-5-37(14)35-20)21-10-9-40-15(7-13(10)33-23(34-21)39-2)16-17(24(28,29)30)11(25)6-12(31)19(16)27;9-8(10)6-4-7-2-1-3-11(7)5-6/h6,15H,3-5,7-9,31H2,1-2H3,(H,32,38);7H,1-5H2. The van der Waals surface area contributed by atoms with Gasteiger partial charge in [-0.05, 0) is 38.3 Å². The number of benzene rings is 1. The summed E-state index contributed by atoms with van der Waals surface area (Å²) in [6, 6.07) is 1.13. The number of aryl methyl sites for hydroxylation is 1. The number of aromatic nitrogens is 4. The van der Waals surface area contributed by atoms with Gasteiger partial charge in [-0.1, -0.05) is 23.2 Å². The van der Waals surface area contributed by atoms with E-state index in [0.29, 0.717) is 66.9 Å². The number of hydrogen-bond donors (Lipinski definition) is 2. The van der Waals surface area contributed by atoms with Crippen molar-refractivity contribution in [3.8, 4) is 6.01 Å². The van der Waals surface area contributed by atoms with Crippen molar-refractivity contribution in [3.05, 3.63) is 67.4 Å². The van der Waals surface area contributed by atoms with E-state index in [0.717, 1.165) is 19.0 Å². The van der Waals surface area contributed by atoms with Gasteiger partial charge in [0.05, 0.1) is 59.0 Å². The Morgan fingerprint density at radius 1 is 1.12 bits per heavy atom. The highest BCUT2D eigenvalue weighted by Gasteiger charge is 2.42. The number of methoxy groups -OCH3 is 1. The molecule has 0 spiro atoms. The molecule has 3 N–H and O–H groups in total. The number of carbonyl (C=O) groups is 1. The molecule has 11 nitrogen and oxygen atoms in total. The van der Waals surface area contributed by atoms with Crippen LogP contribution in [0.25, 0.3) is 0 Å². The number of carbonyl (C=O) groups excluding carboxylic acids is 1. The molecule has 7 rings (SSSR count). The molecule has 2 saturated heterocycles. The number of nitrogens with zero attached hydrogens (tertiary/aromatic N) is 6. The summed E-state index contributed by atoms with van der Waals surface area (Å²) < 4.78 is 93.8. The number of anilines is 2. The maximum Gasteiger partial charge on any atom is 0.418 e. The van der Waals surface area contributed by atoms with Crippen LogP contribution in [0.4, 0.5) is 37.8 Å². The van der Waals surface area contributed by atoms with Gasteiger partial charge in [0.1, 0.15) is 5.82 Å². The van der Waals surface area contributed by atoms with E-state index in [1.807, 2.05) is 4.90 Å². The van der Waals surface area contributed by atoms with Gasteiger partial charge in [-0.3, -0.25) is 14.4 Å². The van der Waals surface area contributed by atoms with E-state index in [2.05, 4.69) is 25.3 Å². The van der Waals surface area contributed by atoms with E-state index in [9.17, 15) is 26.7 Å². The molecule has 2 atom stereocenters. The first kappa shape index (κ1) is 37.0. The molecule has 51 heavy (non-hydrogen) atoms. The van der Waals surface area contributed by atoms with E-state index in [-0.39, 0.29) is 36.3 Å². The van der Waals surface area contributed by atoms with Crippen molar-refractivity contribution in [2.45, 2.75) is 70.1 Å². The second kappa shape index (κ2) is 14.7. The molecule has 0 saturated carbocycles. The average Bonchev–Trinajstić information content (AvgIpc) is 3.74. The topological polar surface area (TPSA) is 124 Å². The van der Waals surface area contributed by atoms with Crippen LogP contribution in [-0.4, -0.2) is 70.4 Å². The molecular weight excluding hydrogens is 729 g/mol. The summed E-state index contributed by atoms with van der Waals surface area (Å²) in [5.41, 5.74) is 4.83. The molecule has 276 valence electrons. The van der Waals surface area contributed by atoms with Crippen LogP contribution in [0.1, 0.15) is 70.4 Å². The molecule has 0 aliphatic carbocycles. The van der Waals surface area contributed by atoms with Crippen LogP contribution in [0.2, 0.25) is 10.0 Å². The van der Waals surface area contributed by atoms with Crippen LogP contribution >= 0.6 is 23.2 Å². The Bertz CT molecular complexity index is 1860. The van der Waals surface area contributed by atoms with E-state index in [4.69, 9.17) is 38.4 Å². The summed E-state index contributed by atoms with van der Waals surface area (Å²) in [4.78, 5) is 25.1. The summed E-state index contributed by atoms with van der Waals surface area (Å²) >= 11 is 12.4. The number of ether oxygens (including phenoxy) is 2. The Balaban J connectivity index is 0.000000344. The Morgan fingerprint density at radius 3 is 2.55 bits per heavy atom. The molecule has 2 aromatic heterocycles. The van der Waals surface area contributed by atoms with Crippen LogP contribution in [0.3, 0.4) is 0 Å². The minimum absolute atomic E-state index is 0.0357. The molecular formula is C32H34Cl2F6N8O3. The quantitative estimate of drug-likeness (QED) is 0.232. The second-order valence-corrected chi connectivity index (χ2v) is 13.3. The fourth-order valence-corrected chi connectivity index (χ4v) is 7.62. The first-order valence-electron chi connectivity index (χ1n) is 16.1. The third-order valence-electron chi connectivity index (χ3n) is 9.44. The van der Waals surface area contributed by atoms with Gasteiger partial charge in [0.15, 0.2) is 11.5 Å². The lowest BCUT2D eigenvalue weighted by Crippen LogP contribution is -2.29. The number of halogens is 8. The Hall–Kier alpha value is -3.80. The van der Waals surface area contributed by atoms with Gasteiger partial charge in [0.2, 0.25) is 0 Å². The number of hydrogen-bond acceptors (Lipinski definition) is 9. The second-order valence-electron chi connectivity index (χ2n) is 12.5. The molecule has 0 radical (unpaired) electrons. The Kier molecular flexibility index (Phi) is 10.6. The zero-order valence-corrected chi connectivity index (χ0v) is 29.0. The molecule has 4 aliphatic rings. The number of fused-ring (bicyclic) bond motifs is 3. The highest BCUT2D eigenvalue weighted by atomic mass is 35.5. The van der Waals surface area contributed by atoms with Crippen molar-refractivity contribution >= 4 is 40.6 Å². The van der Waals surface area contributed by atoms with Crippen LogP contribution in [0.15, 0.2) is 17.7 Å². The normalized spacial score (nSPS) is 20.2. The highest BCUT2D eigenvalue weighted by molar-refractivity contribution is 6.34. The summed E-state index contributed by atoms with van der Waals surface area (Å²) in [5.74, 6) is -1.27. The van der Waals surface area contributed by atoms with Crippen molar-refractivity contribution in [1.82, 2.24) is 30.0 Å². The van der Waals surface area contributed by atoms with Gasteiger partial charge in [-0.25, -0.2) is 4.39 Å². The third-order valence-corrected chi connectivity index (χ3v) is 10.1. The maximum absolute atomic E-state index is 15.1. The lowest BCUT2D eigenvalue weighted by Gasteiger charge is -2.31. The Morgan fingerprint density at radius 2 is 1.88 bits per heavy atom. The molecule has 2 unspecified atom stereocenters. The first-order valence-corrected chi connectivity index (χ1v) is 16.9. The number of rotatable bonds is 4. The van der Waals surface area contributed by atoms with Gasteiger partial charge in [-0.2, -0.15) is 37.0 Å². The molecule has 6 heterocycles. The fraction of sp³-hybridized carbons (Fsp3) is 0.500. The number of nitrogen functional groups attached to an aromatic ring is 1. The van der Waals surface area contributed by atoms with Gasteiger partial charge < -0.3 is 25.4 Å². The van der Waals surface area contributed by atoms with Gasteiger partial charge in [0, 0.05) is 55.8 Å². The van der Waals surface area contributed by atoms with Crippen molar-refractivity contribution in [2.75, 3.05) is 44.4 Å². The van der Waals surface area contributed by atoms with Crippen LogP contribution in [-0.2, 0) is 37.0 Å². The highest BCUT2D eigenvalue weighted by Crippen LogP contribution is 2.46. The largest absolute Gasteiger partial charge is 0.467 e. The van der Waals surface area contributed by atoms with Crippen LogP contribution in [0, 0.1) is 5.82 Å². The molecule has 0 bridgehead atoms. The van der Waals surface area contributed by atoms with Crippen molar-refractivity contribution in [2.24, 2.45) is 0 Å². The minimum atomic E-state index is -4.96. The predicted molar refractivity (Wildman–Crippen MR) is 175 cm³/mol. The average molecular weight is 764 g/mol. The SMILES string of the molecule is CNC(=O)c1nn2c(c1Cl)CN(c1nc(OC)nc3c1COC(c1c(F)c(N)cc(Cl)c1C(F)(F)F)C3)CCC2.FC(F)=C1CC2CCCN2C1. The monoisotopic (exact) mass is 762 g/mol. The predicted octanol–water partition coefficient (Wildman–Crippen LogP) is 6.32. The molecule has 1 amide bonds. The Labute approximate surface area is 298 Å².